The van der Waals surface area contributed by atoms with E-state index in [1.807, 2.05) is 6.92 Å². The van der Waals surface area contributed by atoms with Crippen molar-refractivity contribution in [1.82, 2.24) is 20.3 Å². The molecule has 1 aliphatic rings. The lowest BCUT2D eigenvalue weighted by Crippen LogP contribution is -2.50. The smallest absolute Gasteiger partial charge is 0.378 e. The highest BCUT2D eigenvalue weighted by molar-refractivity contribution is 5.76. The molecule has 0 aliphatic carbocycles. The van der Waals surface area contributed by atoms with Gasteiger partial charge in [0.2, 0.25) is 0 Å². The summed E-state index contributed by atoms with van der Waals surface area (Å²) in [4.78, 5) is 13.7. The van der Waals surface area contributed by atoms with E-state index < -0.39 is 17.6 Å². The van der Waals surface area contributed by atoms with Gasteiger partial charge < -0.3 is 15.5 Å². The number of anilines is 2. The number of piperazine rings is 1. The molecule has 0 radical (unpaired) electrons. The van der Waals surface area contributed by atoms with Gasteiger partial charge in [0.15, 0.2) is 0 Å². The topological polar surface area (TPSA) is 66.0 Å². The molecule has 158 valence electrons. The molecule has 1 fully saturated rings. The van der Waals surface area contributed by atoms with E-state index >= 15 is 0 Å². The van der Waals surface area contributed by atoms with Crippen molar-refractivity contribution in [3.05, 3.63) is 53.9 Å². The minimum Gasteiger partial charge on any atom is -0.378 e. The molecule has 1 atom stereocenters. The Bertz CT molecular complexity index is 1060. The first-order valence-corrected chi connectivity index (χ1v) is 9.49. The first kappa shape index (κ1) is 20.3. The Hall–Kier alpha value is -3.01. The average Bonchev–Trinajstić information content (AvgIpc) is 2.71. The van der Waals surface area contributed by atoms with E-state index in [9.17, 15) is 17.6 Å². The van der Waals surface area contributed by atoms with Crippen molar-refractivity contribution in [2.45, 2.75) is 25.7 Å². The van der Waals surface area contributed by atoms with Crippen LogP contribution in [0.25, 0.3) is 11.0 Å². The third-order valence-electron chi connectivity index (χ3n) is 5.01. The molecule has 2 N–H and O–H groups in total. The quantitative estimate of drug-likeness (QED) is 0.629. The number of rotatable bonds is 4. The molecule has 1 aliphatic heterocycles. The molecule has 10 heteroatoms. The number of pyridine rings is 1. The Morgan fingerprint density at radius 3 is 2.60 bits per heavy atom. The minimum atomic E-state index is -4.56. The summed E-state index contributed by atoms with van der Waals surface area (Å²) in [6.45, 7) is 3.31. The van der Waals surface area contributed by atoms with Crippen LogP contribution >= 0.6 is 0 Å². The first-order chi connectivity index (χ1) is 14.3. The van der Waals surface area contributed by atoms with Crippen LogP contribution in [0.2, 0.25) is 0 Å². The lowest BCUT2D eigenvalue weighted by Gasteiger charge is -2.36. The second-order valence-corrected chi connectivity index (χ2v) is 7.22. The highest BCUT2D eigenvalue weighted by atomic mass is 19.4. The molecule has 3 heterocycles. The number of benzene rings is 1. The highest BCUT2D eigenvalue weighted by Gasteiger charge is 2.37. The summed E-state index contributed by atoms with van der Waals surface area (Å²) in [6.07, 6.45) is 0.583. The maximum absolute atomic E-state index is 14.5. The Kier molecular flexibility index (Phi) is 5.42. The number of nitrogens with one attached hydrogen (secondary N) is 2. The van der Waals surface area contributed by atoms with Gasteiger partial charge in [0.05, 0.1) is 34.2 Å². The van der Waals surface area contributed by atoms with Gasteiger partial charge in [-0.3, -0.25) is 15.0 Å². The monoisotopic (exact) mass is 420 g/mol. The summed E-state index contributed by atoms with van der Waals surface area (Å²) >= 11 is 0. The van der Waals surface area contributed by atoms with Crippen LogP contribution in [0.5, 0.6) is 0 Å². The van der Waals surface area contributed by atoms with Crippen LogP contribution in [0.15, 0.2) is 36.9 Å². The molecule has 4 rings (SSSR count). The zero-order chi connectivity index (χ0) is 21.3. The molecule has 30 heavy (non-hydrogen) atoms. The van der Waals surface area contributed by atoms with E-state index in [-0.39, 0.29) is 29.5 Å². The van der Waals surface area contributed by atoms with E-state index in [0.717, 1.165) is 6.20 Å². The molecule has 1 aromatic carbocycles. The van der Waals surface area contributed by atoms with Crippen molar-refractivity contribution >= 4 is 22.4 Å². The Morgan fingerprint density at radius 2 is 1.90 bits per heavy atom. The first-order valence-electron chi connectivity index (χ1n) is 9.49. The third-order valence-corrected chi connectivity index (χ3v) is 5.01. The molecule has 0 amide bonds. The maximum atomic E-state index is 14.5. The van der Waals surface area contributed by atoms with Gasteiger partial charge in [-0.1, -0.05) is 0 Å². The average molecular weight is 420 g/mol. The van der Waals surface area contributed by atoms with Crippen LogP contribution in [0, 0.1) is 5.82 Å². The summed E-state index contributed by atoms with van der Waals surface area (Å²) in [6, 6.07) is 2.85. The van der Waals surface area contributed by atoms with Crippen molar-refractivity contribution in [3.63, 3.8) is 0 Å². The zero-order valence-corrected chi connectivity index (χ0v) is 16.2. The van der Waals surface area contributed by atoms with Crippen LogP contribution in [0.4, 0.5) is 28.9 Å². The summed E-state index contributed by atoms with van der Waals surface area (Å²) in [5.41, 5.74) is 0.625. The van der Waals surface area contributed by atoms with Crippen LogP contribution < -0.4 is 15.5 Å². The van der Waals surface area contributed by atoms with Crippen molar-refractivity contribution < 1.29 is 17.6 Å². The largest absolute Gasteiger partial charge is 0.419 e. The SMILES string of the molecule is C[C@H]1CN(c2c(NCc3cc4nccnc4cc3F)cncc2C(F)(F)F)CCN1. The van der Waals surface area contributed by atoms with Gasteiger partial charge in [0.25, 0.3) is 0 Å². The molecule has 0 spiro atoms. The van der Waals surface area contributed by atoms with Crippen LogP contribution in [0.1, 0.15) is 18.1 Å². The molecular weight excluding hydrogens is 400 g/mol. The number of hydrogen-bond donors (Lipinski definition) is 2. The van der Waals surface area contributed by atoms with Gasteiger partial charge in [-0.15, -0.1) is 0 Å². The van der Waals surface area contributed by atoms with Crippen molar-refractivity contribution in [1.29, 1.82) is 0 Å². The number of hydrogen-bond acceptors (Lipinski definition) is 6. The fourth-order valence-electron chi connectivity index (χ4n) is 3.62. The minimum absolute atomic E-state index is 0.0179. The lowest BCUT2D eigenvalue weighted by molar-refractivity contribution is -0.137. The van der Waals surface area contributed by atoms with Crippen LogP contribution in [-0.4, -0.2) is 40.6 Å². The third kappa shape index (κ3) is 4.13. The second kappa shape index (κ2) is 8.02. The van der Waals surface area contributed by atoms with Crippen molar-refractivity contribution in [2.75, 3.05) is 29.9 Å². The molecule has 0 bridgehead atoms. The summed E-state index contributed by atoms with van der Waals surface area (Å²) in [5.74, 6) is -0.507. The number of halogens is 4. The van der Waals surface area contributed by atoms with Gasteiger partial charge in [-0.2, -0.15) is 13.2 Å². The van der Waals surface area contributed by atoms with E-state index in [1.54, 1.807) is 4.90 Å². The van der Waals surface area contributed by atoms with Crippen molar-refractivity contribution in [3.8, 4) is 0 Å². The second-order valence-electron chi connectivity index (χ2n) is 7.22. The Balaban J connectivity index is 1.68. The predicted octanol–water partition coefficient (Wildman–Crippen LogP) is 3.59. The summed E-state index contributed by atoms with van der Waals surface area (Å²) < 4.78 is 55.6. The standard InChI is InChI=1S/C20H20F4N6/c1-12-11-30(5-4-26-12)19-14(20(22,23)24)9-25-10-18(19)29-8-13-6-16-17(7-15(13)21)28-3-2-27-16/h2-3,6-7,9-10,12,26,29H,4-5,8,11H2,1H3/t12-/m0/s1. The predicted molar refractivity (Wildman–Crippen MR) is 106 cm³/mol. The fraction of sp³-hybridized carbons (Fsp3) is 0.350. The number of alkyl halides is 3. The number of aromatic nitrogens is 3. The maximum Gasteiger partial charge on any atom is 0.419 e. The zero-order valence-electron chi connectivity index (χ0n) is 16.2. The van der Waals surface area contributed by atoms with Crippen molar-refractivity contribution in [2.24, 2.45) is 0 Å². The van der Waals surface area contributed by atoms with Gasteiger partial charge in [-0.05, 0) is 13.0 Å². The molecule has 0 unspecified atom stereocenters. The van der Waals surface area contributed by atoms with Crippen LogP contribution in [0.3, 0.4) is 0 Å². The van der Waals surface area contributed by atoms with Gasteiger partial charge >= 0.3 is 6.18 Å². The molecule has 1 saturated heterocycles. The Labute approximate surface area is 170 Å². The molecule has 2 aromatic heterocycles. The van der Waals surface area contributed by atoms with E-state index in [4.69, 9.17) is 0 Å². The highest BCUT2D eigenvalue weighted by Crippen LogP contribution is 2.40. The molecular formula is C20H20F4N6. The molecule has 0 saturated carbocycles. The molecule has 3 aromatic rings. The molecule has 6 nitrogen and oxygen atoms in total. The van der Waals surface area contributed by atoms with Gasteiger partial charge in [0, 0.05) is 62.4 Å². The van der Waals surface area contributed by atoms with Gasteiger partial charge in [-0.25, -0.2) is 4.39 Å². The van der Waals surface area contributed by atoms with Crippen LogP contribution in [-0.2, 0) is 12.7 Å². The van der Waals surface area contributed by atoms with Gasteiger partial charge in [0.1, 0.15) is 5.82 Å². The fourth-order valence-corrected chi connectivity index (χ4v) is 3.62. The summed E-state index contributed by atoms with van der Waals surface area (Å²) in [5, 5.41) is 6.17. The number of fused-ring (bicyclic) bond motifs is 1. The van der Waals surface area contributed by atoms with E-state index in [1.165, 1.54) is 30.7 Å². The number of nitrogens with zero attached hydrogens (tertiary/aromatic N) is 4. The van der Waals surface area contributed by atoms with E-state index in [0.29, 0.717) is 30.7 Å². The van der Waals surface area contributed by atoms with E-state index in [2.05, 4.69) is 25.6 Å². The Morgan fingerprint density at radius 1 is 1.17 bits per heavy atom. The lowest BCUT2D eigenvalue weighted by atomic mass is 10.1. The summed E-state index contributed by atoms with van der Waals surface area (Å²) in [7, 11) is 0. The normalized spacial score (nSPS) is 17.4.